The van der Waals surface area contributed by atoms with Gasteiger partial charge in [-0.05, 0) is 145 Å². The van der Waals surface area contributed by atoms with Crippen molar-refractivity contribution in [3.8, 4) is 61.7 Å². The molecular formula is C63H40N2O. The lowest BCUT2D eigenvalue weighted by atomic mass is 9.69. The first-order chi connectivity index (χ1) is 32.6. The van der Waals surface area contributed by atoms with E-state index in [0.29, 0.717) is 17.3 Å². The minimum atomic E-state index is -0.682. The van der Waals surface area contributed by atoms with Crippen LogP contribution < -0.4 is 0 Å². The molecule has 0 atom stereocenters. The fourth-order valence-corrected chi connectivity index (χ4v) is 13.6. The number of carbonyl (C=O) groups is 1. The van der Waals surface area contributed by atoms with Crippen molar-refractivity contribution < 1.29 is 4.79 Å². The third kappa shape index (κ3) is 4.44. The van der Waals surface area contributed by atoms with Gasteiger partial charge in [-0.15, -0.1) is 0 Å². The number of benzene rings is 9. The van der Waals surface area contributed by atoms with Crippen LogP contribution in [0.15, 0.2) is 182 Å². The second-order valence-electron chi connectivity index (χ2n) is 19.2. The maximum absolute atomic E-state index is 14.5. The van der Waals surface area contributed by atoms with Crippen molar-refractivity contribution in [1.82, 2.24) is 4.40 Å². The molecule has 3 nitrogen and oxygen atoms in total. The van der Waals surface area contributed by atoms with Crippen molar-refractivity contribution in [1.29, 1.82) is 5.26 Å². The molecule has 308 valence electrons. The zero-order valence-corrected chi connectivity index (χ0v) is 36.1. The SMILES string of the molecule is N#Cc1cc2c(c3c1C1(c4ccccc4-c4ccccc41)c1ccccc1-3)c1cc(-c3c(-c4ccccc4)cccc3-c3ccccc3)cc3c4cc5c(cc4n2c31)C(=O)C1CCC5CC1. The Labute approximate surface area is 382 Å². The van der Waals surface area contributed by atoms with Crippen LogP contribution in [-0.4, -0.2) is 10.2 Å². The van der Waals surface area contributed by atoms with Gasteiger partial charge in [0.25, 0.3) is 0 Å². The van der Waals surface area contributed by atoms with Gasteiger partial charge in [0.15, 0.2) is 5.78 Å². The zero-order chi connectivity index (χ0) is 43.4. The minimum absolute atomic E-state index is 0.0848. The molecule has 2 aromatic heterocycles. The molecule has 3 heteroatoms. The van der Waals surface area contributed by atoms with E-state index in [9.17, 15) is 10.1 Å². The van der Waals surface area contributed by atoms with E-state index in [-0.39, 0.29) is 5.92 Å². The van der Waals surface area contributed by atoms with E-state index in [4.69, 9.17) is 0 Å². The first kappa shape index (κ1) is 36.3. The highest BCUT2D eigenvalue weighted by Crippen LogP contribution is 2.65. The average Bonchev–Trinajstić information content (AvgIpc) is 4.04. The molecule has 16 rings (SSSR count). The number of nitrogens with zero attached hydrogens (tertiary/aromatic N) is 2. The van der Waals surface area contributed by atoms with Crippen LogP contribution in [0.3, 0.4) is 0 Å². The Morgan fingerprint density at radius 2 is 1.02 bits per heavy atom. The Morgan fingerprint density at radius 3 is 1.65 bits per heavy atom. The van der Waals surface area contributed by atoms with E-state index < -0.39 is 5.41 Å². The van der Waals surface area contributed by atoms with Crippen LogP contribution in [-0.2, 0) is 5.41 Å². The van der Waals surface area contributed by atoms with E-state index in [2.05, 4.69) is 192 Å². The minimum Gasteiger partial charge on any atom is -0.308 e. The summed E-state index contributed by atoms with van der Waals surface area (Å²) in [6.07, 6.45) is 4.04. The van der Waals surface area contributed by atoms with Gasteiger partial charge >= 0.3 is 0 Å². The van der Waals surface area contributed by atoms with Crippen LogP contribution in [0.1, 0.15) is 75.3 Å². The number of hydrogen-bond acceptors (Lipinski definition) is 2. The molecular weight excluding hydrogens is 801 g/mol. The highest BCUT2D eigenvalue weighted by Gasteiger charge is 2.53. The van der Waals surface area contributed by atoms with Gasteiger partial charge in [0.1, 0.15) is 0 Å². The zero-order valence-electron chi connectivity index (χ0n) is 36.1. The number of Topliss-reactive ketones (excluding diaryl/α,β-unsaturated/α-hetero) is 1. The van der Waals surface area contributed by atoms with E-state index >= 15 is 0 Å². The summed E-state index contributed by atoms with van der Waals surface area (Å²) in [5.74, 6) is 0.765. The van der Waals surface area contributed by atoms with Crippen LogP contribution in [0.4, 0.5) is 0 Å². The molecule has 0 radical (unpaired) electrons. The van der Waals surface area contributed by atoms with Gasteiger partial charge in [0.2, 0.25) is 0 Å². The molecule has 66 heavy (non-hydrogen) atoms. The van der Waals surface area contributed by atoms with E-state index in [1.54, 1.807) is 0 Å². The molecule has 9 aromatic carbocycles. The molecule has 5 aliphatic carbocycles. The summed E-state index contributed by atoms with van der Waals surface area (Å²) < 4.78 is 2.42. The Bertz CT molecular complexity index is 3870. The first-order valence-corrected chi connectivity index (χ1v) is 23.5. The summed E-state index contributed by atoms with van der Waals surface area (Å²) >= 11 is 0. The predicted octanol–water partition coefficient (Wildman–Crippen LogP) is 15.5. The molecule has 0 N–H and O–H groups in total. The van der Waals surface area contributed by atoms with Gasteiger partial charge in [-0.3, -0.25) is 4.79 Å². The number of aromatic nitrogens is 1. The summed E-state index contributed by atoms with van der Waals surface area (Å²) in [6, 6.07) is 69.4. The Morgan fingerprint density at radius 1 is 0.470 bits per heavy atom. The van der Waals surface area contributed by atoms with Crippen molar-refractivity contribution in [2.75, 3.05) is 0 Å². The Kier molecular flexibility index (Phi) is 7.17. The number of fused-ring (bicyclic) bond motifs is 19. The number of carbonyl (C=O) groups excluding carboxylic acids is 1. The second-order valence-corrected chi connectivity index (χ2v) is 19.2. The molecule has 2 heterocycles. The van der Waals surface area contributed by atoms with Gasteiger partial charge in [-0.1, -0.05) is 152 Å². The van der Waals surface area contributed by atoms with Crippen molar-refractivity contribution in [2.24, 2.45) is 5.92 Å². The standard InChI is InChI=1S/C63H40N2O/c64-35-41-32-56-58(59-46-20-9-12-25-54(46)63(60(41)59)52-23-10-7-18-44(52)45-19-8-11-24-53(45)63)51-31-40(57-42(36-14-3-1-4-15-36)21-13-22-43(57)37-16-5-2-6-17-37)30-49-48-33-47-38-26-28-39(29-27-38)62(66)50(47)34-55(48)65(56)61(49)51/h1-25,30-34,38-39H,26-29H2. The van der Waals surface area contributed by atoms with Crippen LogP contribution >= 0.6 is 0 Å². The summed E-state index contributed by atoms with van der Waals surface area (Å²) in [4.78, 5) is 14.5. The fourth-order valence-electron chi connectivity index (χ4n) is 13.6. The molecule has 0 unspecified atom stereocenters. The van der Waals surface area contributed by atoms with Crippen molar-refractivity contribution >= 4 is 43.9 Å². The van der Waals surface area contributed by atoms with Crippen LogP contribution in [0.2, 0.25) is 0 Å². The molecule has 0 amide bonds. The van der Waals surface area contributed by atoms with Crippen molar-refractivity contribution in [3.63, 3.8) is 0 Å². The third-order valence-corrected chi connectivity index (χ3v) is 16.2. The topological polar surface area (TPSA) is 45.3 Å². The lowest BCUT2D eigenvalue weighted by molar-refractivity contribution is 0.0898. The van der Waals surface area contributed by atoms with Gasteiger partial charge < -0.3 is 4.40 Å². The smallest absolute Gasteiger partial charge is 0.166 e. The van der Waals surface area contributed by atoms with E-state index in [0.717, 1.165) is 80.8 Å². The van der Waals surface area contributed by atoms with Crippen molar-refractivity contribution in [3.05, 3.63) is 221 Å². The summed E-state index contributed by atoms with van der Waals surface area (Å²) in [6.45, 7) is 0. The molecule has 0 saturated heterocycles. The van der Waals surface area contributed by atoms with Gasteiger partial charge in [-0.2, -0.15) is 5.26 Å². The fraction of sp³-hybridized carbons (Fsp3) is 0.111. The second kappa shape index (κ2) is 13.0. The number of hydrogen-bond donors (Lipinski definition) is 0. The third-order valence-electron chi connectivity index (χ3n) is 16.2. The first-order valence-electron chi connectivity index (χ1n) is 23.5. The molecule has 1 fully saturated rings. The van der Waals surface area contributed by atoms with Gasteiger partial charge in [-0.25, -0.2) is 0 Å². The average molecular weight is 841 g/mol. The number of ketones is 1. The maximum Gasteiger partial charge on any atom is 0.166 e. The summed E-state index contributed by atoms with van der Waals surface area (Å²) in [5, 5.41) is 16.2. The Hall–Kier alpha value is -8.06. The van der Waals surface area contributed by atoms with Crippen molar-refractivity contribution in [2.45, 2.75) is 37.0 Å². The lowest BCUT2D eigenvalue weighted by Gasteiger charge is -2.31. The molecule has 1 spiro atoms. The predicted molar refractivity (Wildman–Crippen MR) is 267 cm³/mol. The Balaban J connectivity index is 1.16. The number of nitriles is 1. The summed E-state index contributed by atoms with van der Waals surface area (Å²) in [7, 11) is 0. The van der Waals surface area contributed by atoms with Gasteiger partial charge in [0.05, 0.1) is 33.6 Å². The highest BCUT2D eigenvalue weighted by molar-refractivity contribution is 6.29. The summed E-state index contributed by atoms with van der Waals surface area (Å²) in [5.41, 5.74) is 21.7. The van der Waals surface area contributed by atoms with Gasteiger partial charge in [0, 0.05) is 33.0 Å². The normalized spacial score (nSPS) is 17.3. The van der Waals surface area contributed by atoms with Crippen LogP contribution in [0, 0.1) is 17.2 Å². The maximum atomic E-state index is 14.5. The highest BCUT2D eigenvalue weighted by atomic mass is 16.1. The lowest BCUT2D eigenvalue weighted by Crippen LogP contribution is -2.27. The van der Waals surface area contributed by atoms with Crippen LogP contribution in [0.25, 0.3) is 93.7 Å². The number of rotatable bonds is 3. The quantitative estimate of drug-likeness (QED) is 0.178. The monoisotopic (exact) mass is 840 g/mol. The van der Waals surface area contributed by atoms with E-state index in [1.165, 1.54) is 72.0 Å². The molecule has 2 bridgehead atoms. The van der Waals surface area contributed by atoms with Crippen LogP contribution in [0.5, 0.6) is 0 Å². The van der Waals surface area contributed by atoms with E-state index in [1.807, 2.05) is 0 Å². The molecule has 1 saturated carbocycles. The molecule has 5 aliphatic rings. The molecule has 11 aromatic rings. The molecule has 0 aliphatic heterocycles. The largest absolute Gasteiger partial charge is 0.308 e.